The number of benzene rings is 1. The Morgan fingerprint density at radius 3 is 2.69 bits per heavy atom. The highest BCUT2D eigenvalue weighted by Crippen LogP contribution is 2.18. The summed E-state index contributed by atoms with van der Waals surface area (Å²) in [7, 11) is 0. The van der Waals surface area contributed by atoms with E-state index in [-0.39, 0.29) is 23.5 Å². The van der Waals surface area contributed by atoms with E-state index in [1.54, 1.807) is 17.0 Å². The Labute approximate surface area is 153 Å². The van der Waals surface area contributed by atoms with Crippen molar-refractivity contribution in [1.29, 1.82) is 0 Å². The van der Waals surface area contributed by atoms with E-state index in [1.807, 2.05) is 32.9 Å². The summed E-state index contributed by atoms with van der Waals surface area (Å²) in [6.45, 7) is 8.41. The summed E-state index contributed by atoms with van der Waals surface area (Å²) >= 11 is 0. The number of ether oxygens (including phenoxy) is 1. The summed E-state index contributed by atoms with van der Waals surface area (Å²) < 4.78 is 7.12. The van der Waals surface area contributed by atoms with Gasteiger partial charge < -0.3 is 9.64 Å². The highest BCUT2D eigenvalue weighted by atomic mass is 16.5. The van der Waals surface area contributed by atoms with Crippen molar-refractivity contribution >= 4 is 16.7 Å². The molecule has 1 aromatic carbocycles. The van der Waals surface area contributed by atoms with Crippen molar-refractivity contribution in [2.45, 2.75) is 46.3 Å². The second kappa shape index (κ2) is 7.99. The number of fused-ring (bicyclic) bond motifs is 1. The Hall–Kier alpha value is -2.21. The van der Waals surface area contributed by atoms with Crippen molar-refractivity contribution in [2.75, 3.05) is 19.7 Å². The first-order chi connectivity index (χ1) is 12.5. The van der Waals surface area contributed by atoms with Crippen LogP contribution in [0.4, 0.5) is 0 Å². The third kappa shape index (κ3) is 3.80. The van der Waals surface area contributed by atoms with Crippen LogP contribution in [-0.4, -0.2) is 46.4 Å². The summed E-state index contributed by atoms with van der Waals surface area (Å²) in [5.74, 6) is 0.121. The van der Waals surface area contributed by atoms with E-state index in [0.717, 1.165) is 19.4 Å². The molecule has 1 fully saturated rings. The summed E-state index contributed by atoms with van der Waals surface area (Å²) in [6.07, 6.45) is 2.11. The molecule has 0 spiro atoms. The maximum Gasteiger partial charge on any atom is 0.275 e. The zero-order chi connectivity index (χ0) is 18.7. The van der Waals surface area contributed by atoms with Gasteiger partial charge in [0.1, 0.15) is 0 Å². The first-order valence-corrected chi connectivity index (χ1v) is 9.42. The van der Waals surface area contributed by atoms with E-state index in [1.165, 1.54) is 4.68 Å². The number of nitrogens with zero attached hydrogens (tertiary/aromatic N) is 3. The minimum absolute atomic E-state index is 0.0896. The Bertz CT molecular complexity index is 838. The van der Waals surface area contributed by atoms with E-state index in [0.29, 0.717) is 36.1 Å². The quantitative estimate of drug-likeness (QED) is 0.797. The topological polar surface area (TPSA) is 64.4 Å². The van der Waals surface area contributed by atoms with Crippen molar-refractivity contribution in [2.24, 2.45) is 5.92 Å². The van der Waals surface area contributed by atoms with Crippen LogP contribution in [0.15, 0.2) is 29.1 Å². The summed E-state index contributed by atoms with van der Waals surface area (Å²) in [5.41, 5.74) is 0.203. The standard InChI is InChI=1S/C20H27N3O3/c1-4-22(13-15-8-7-11-26-15)20(25)18-16-9-5-6-10-17(16)19(24)23(21-18)12-14(2)3/h5-6,9-10,14-15H,4,7-8,11-13H2,1-3H3/t15-/m0/s1. The average Bonchev–Trinajstić information content (AvgIpc) is 3.14. The van der Waals surface area contributed by atoms with E-state index in [9.17, 15) is 9.59 Å². The van der Waals surface area contributed by atoms with Crippen LogP contribution in [0.25, 0.3) is 10.8 Å². The molecule has 26 heavy (non-hydrogen) atoms. The van der Waals surface area contributed by atoms with Gasteiger partial charge in [0.2, 0.25) is 0 Å². The maximum atomic E-state index is 13.2. The molecule has 1 aliphatic heterocycles. The van der Waals surface area contributed by atoms with Crippen molar-refractivity contribution in [3.05, 3.63) is 40.3 Å². The second-order valence-electron chi connectivity index (χ2n) is 7.25. The van der Waals surface area contributed by atoms with E-state index < -0.39 is 0 Å². The zero-order valence-electron chi connectivity index (χ0n) is 15.8. The number of carbonyl (C=O) groups excluding carboxylic acids is 1. The van der Waals surface area contributed by atoms with E-state index in [2.05, 4.69) is 5.10 Å². The number of hydrogen-bond donors (Lipinski definition) is 0. The lowest BCUT2D eigenvalue weighted by atomic mass is 10.1. The summed E-state index contributed by atoms with van der Waals surface area (Å²) in [6, 6.07) is 7.23. The number of aromatic nitrogens is 2. The lowest BCUT2D eigenvalue weighted by molar-refractivity contribution is 0.0534. The third-order valence-electron chi connectivity index (χ3n) is 4.73. The summed E-state index contributed by atoms with van der Waals surface area (Å²) in [5, 5.41) is 5.62. The number of likely N-dealkylation sites (N-methyl/N-ethyl adjacent to an activating group) is 1. The van der Waals surface area contributed by atoms with Gasteiger partial charge in [-0.05, 0) is 31.7 Å². The van der Waals surface area contributed by atoms with Crippen LogP contribution >= 0.6 is 0 Å². The zero-order valence-corrected chi connectivity index (χ0v) is 15.8. The van der Waals surface area contributed by atoms with Crippen LogP contribution in [0.2, 0.25) is 0 Å². The molecule has 0 saturated carbocycles. The second-order valence-corrected chi connectivity index (χ2v) is 7.25. The van der Waals surface area contributed by atoms with Gasteiger partial charge in [-0.1, -0.05) is 32.0 Å². The molecule has 1 saturated heterocycles. The molecule has 2 aromatic rings. The van der Waals surface area contributed by atoms with Crippen LogP contribution in [0.3, 0.4) is 0 Å². The van der Waals surface area contributed by atoms with E-state index >= 15 is 0 Å². The van der Waals surface area contributed by atoms with Crippen LogP contribution in [0.5, 0.6) is 0 Å². The van der Waals surface area contributed by atoms with Crippen molar-refractivity contribution in [3.63, 3.8) is 0 Å². The third-order valence-corrected chi connectivity index (χ3v) is 4.73. The molecule has 1 amide bonds. The number of carbonyl (C=O) groups is 1. The Morgan fingerprint density at radius 1 is 1.35 bits per heavy atom. The predicted octanol–water partition coefficient (Wildman–Crippen LogP) is 2.69. The number of amides is 1. The highest BCUT2D eigenvalue weighted by molar-refractivity contribution is 6.04. The van der Waals surface area contributed by atoms with Gasteiger partial charge in [-0.25, -0.2) is 4.68 Å². The Balaban J connectivity index is 2.02. The molecular weight excluding hydrogens is 330 g/mol. The SMILES string of the molecule is CCN(C[C@@H]1CCCO1)C(=O)c1nn(CC(C)C)c(=O)c2ccccc12. The molecule has 1 aliphatic rings. The molecule has 3 rings (SSSR count). The fourth-order valence-electron chi connectivity index (χ4n) is 3.40. The van der Waals surface area contributed by atoms with Gasteiger partial charge in [0.25, 0.3) is 11.5 Å². The van der Waals surface area contributed by atoms with Crippen LogP contribution in [0.1, 0.15) is 44.1 Å². The first-order valence-electron chi connectivity index (χ1n) is 9.42. The van der Waals surface area contributed by atoms with Crippen molar-refractivity contribution < 1.29 is 9.53 Å². The Kier molecular flexibility index (Phi) is 5.71. The molecule has 140 valence electrons. The first kappa shape index (κ1) is 18.6. The molecule has 0 aliphatic carbocycles. The van der Waals surface area contributed by atoms with Crippen LogP contribution in [0, 0.1) is 5.92 Å². The molecule has 1 atom stereocenters. The minimum Gasteiger partial charge on any atom is -0.376 e. The Morgan fingerprint density at radius 2 is 2.08 bits per heavy atom. The number of rotatable bonds is 6. The number of hydrogen-bond acceptors (Lipinski definition) is 4. The average molecular weight is 357 g/mol. The van der Waals surface area contributed by atoms with Gasteiger partial charge in [-0.15, -0.1) is 0 Å². The lowest BCUT2D eigenvalue weighted by Gasteiger charge is -2.24. The smallest absolute Gasteiger partial charge is 0.275 e. The molecule has 6 heteroatoms. The lowest BCUT2D eigenvalue weighted by Crippen LogP contribution is -2.39. The van der Waals surface area contributed by atoms with Crippen LogP contribution < -0.4 is 5.56 Å². The van der Waals surface area contributed by atoms with Crippen molar-refractivity contribution in [1.82, 2.24) is 14.7 Å². The maximum absolute atomic E-state index is 13.2. The summed E-state index contributed by atoms with van der Waals surface area (Å²) in [4.78, 5) is 27.7. The molecule has 0 radical (unpaired) electrons. The molecule has 0 bridgehead atoms. The minimum atomic E-state index is -0.145. The fourth-order valence-corrected chi connectivity index (χ4v) is 3.40. The van der Waals surface area contributed by atoms with Gasteiger partial charge in [0.05, 0.1) is 11.5 Å². The normalized spacial score (nSPS) is 17.2. The molecule has 2 heterocycles. The monoisotopic (exact) mass is 357 g/mol. The molecule has 0 N–H and O–H groups in total. The van der Waals surface area contributed by atoms with Gasteiger partial charge in [-0.2, -0.15) is 5.10 Å². The van der Waals surface area contributed by atoms with E-state index in [4.69, 9.17) is 4.74 Å². The molecule has 0 unspecified atom stereocenters. The van der Waals surface area contributed by atoms with Gasteiger partial charge >= 0.3 is 0 Å². The largest absolute Gasteiger partial charge is 0.376 e. The van der Waals surface area contributed by atoms with Gasteiger partial charge in [0.15, 0.2) is 5.69 Å². The fraction of sp³-hybridized carbons (Fsp3) is 0.550. The highest BCUT2D eigenvalue weighted by Gasteiger charge is 2.25. The molecular formula is C20H27N3O3. The molecule has 1 aromatic heterocycles. The van der Waals surface area contributed by atoms with Crippen molar-refractivity contribution in [3.8, 4) is 0 Å². The van der Waals surface area contributed by atoms with Gasteiger partial charge in [-0.3, -0.25) is 9.59 Å². The van der Waals surface area contributed by atoms with Crippen LogP contribution in [-0.2, 0) is 11.3 Å². The molecule has 6 nitrogen and oxygen atoms in total. The predicted molar refractivity (Wildman–Crippen MR) is 101 cm³/mol. The van der Waals surface area contributed by atoms with Gasteiger partial charge in [0, 0.05) is 31.6 Å².